The molecule has 0 amide bonds. The van der Waals surface area contributed by atoms with Crippen LogP contribution in [0.5, 0.6) is 0 Å². The third-order valence-electron chi connectivity index (χ3n) is 9.34. The lowest BCUT2D eigenvalue weighted by Crippen LogP contribution is -2.41. The summed E-state index contributed by atoms with van der Waals surface area (Å²) < 4.78 is 2.34. The van der Waals surface area contributed by atoms with Crippen LogP contribution in [-0.4, -0.2) is 10.1 Å². The summed E-state index contributed by atoms with van der Waals surface area (Å²) in [6.45, 7) is 9.04. The SMILES string of the molecule is Cc1ccc(-c2ccc(N3c4ccccc4N(C(C)(C)C)c4ccccc43)c3ccccc23)ccc2ccccc2n1-c1ccccc1. The molecular formula is C45H39N3. The molecule has 8 rings (SSSR count). The van der Waals surface area contributed by atoms with E-state index in [2.05, 4.69) is 206 Å². The number of aromatic nitrogens is 1. The van der Waals surface area contributed by atoms with Crippen LogP contribution in [0.3, 0.4) is 0 Å². The standard InChI is InChI=1S/C45H39N3/c1-32-26-27-33(28-29-34-16-8-11-21-39(34)46(32)35-17-6-5-7-18-35)36-30-31-40(38-20-10-9-19-37(36)38)47-41-22-12-14-24-43(41)48(45(2,3)4)44-25-15-13-23-42(44)47/h5-31H,1-4H3. The van der Waals surface area contributed by atoms with E-state index in [1.165, 1.54) is 55.7 Å². The lowest BCUT2D eigenvalue weighted by Gasteiger charge is -2.46. The molecule has 0 bridgehead atoms. The van der Waals surface area contributed by atoms with Crippen molar-refractivity contribution >= 4 is 50.1 Å². The second kappa shape index (κ2) is 11.8. The molecule has 1 aliphatic rings. The zero-order chi connectivity index (χ0) is 32.8. The Bertz CT molecular complexity index is 2310. The Morgan fingerprint density at radius 1 is 0.438 bits per heavy atom. The monoisotopic (exact) mass is 621 g/mol. The third kappa shape index (κ3) is 5.00. The first-order valence-corrected chi connectivity index (χ1v) is 16.7. The minimum absolute atomic E-state index is 0.0969. The molecular weight excluding hydrogens is 583 g/mol. The molecule has 234 valence electrons. The first-order chi connectivity index (χ1) is 23.4. The van der Waals surface area contributed by atoms with Gasteiger partial charge in [-0.25, -0.2) is 0 Å². The number of hydrogen-bond acceptors (Lipinski definition) is 2. The molecule has 48 heavy (non-hydrogen) atoms. The van der Waals surface area contributed by atoms with Crippen LogP contribution in [0.25, 0.3) is 38.5 Å². The average molecular weight is 622 g/mol. The number of hydrogen-bond donors (Lipinski definition) is 0. The summed E-state index contributed by atoms with van der Waals surface area (Å²) >= 11 is 0. The number of aryl methyl sites for hydroxylation is 1. The summed E-state index contributed by atoms with van der Waals surface area (Å²) in [4.78, 5) is 4.92. The molecule has 0 unspecified atom stereocenters. The van der Waals surface area contributed by atoms with Gasteiger partial charge < -0.3 is 14.4 Å². The smallest absolute Gasteiger partial charge is 0.0700 e. The summed E-state index contributed by atoms with van der Waals surface area (Å²) in [7, 11) is 0. The number of rotatable bonds is 3. The summed E-state index contributed by atoms with van der Waals surface area (Å²) in [5.74, 6) is 0. The van der Waals surface area contributed by atoms with Crippen molar-refractivity contribution < 1.29 is 0 Å². The fraction of sp³-hybridized carbons (Fsp3) is 0.111. The maximum Gasteiger partial charge on any atom is 0.0700 e. The minimum atomic E-state index is -0.0969. The molecule has 0 spiro atoms. The molecule has 0 fully saturated rings. The Morgan fingerprint density at radius 3 is 1.69 bits per heavy atom. The van der Waals surface area contributed by atoms with Gasteiger partial charge in [-0.2, -0.15) is 0 Å². The first-order valence-electron chi connectivity index (χ1n) is 16.7. The van der Waals surface area contributed by atoms with E-state index >= 15 is 0 Å². The summed E-state index contributed by atoms with van der Waals surface area (Å²) in [6, 6.07) is 59.3. The molecule has 3 heteroatoms. The maximum atomic E-state index is 2.48. The maximum absolute atomic E-state index is 2.48. The summed E-state index contributed by atoms with van der Waals surface area (Å²) in [5, 5.41) is 3.61. The van der Waals surface area contributed by atoms with Crippen LogP contribution >= 0.6 is 0 Å². The van der Waals surface area contributed by atoms with E-state index in [-0.39, 0.29) is 5.54 Å². The van der Waals surface area contributed by atoms with Crippen molar-refractivity contribution in [2.24, 2.45) is 0 Å². The van der Waals surface area contributed by atoms with E-state index in [9.17, 15) is 0 Å². The molecule has 1 aliphatic heterocycles. The van der Waals surface area contributed by atoms with Gasteiger partial charge in [-0.1, -0.05) is 109 Å². The van der Waals surface area contributed by atoms with Gasteiger partial charge in [0.05, 0.1) is 34.0 Å². The number of para-hydroxylation sites is 6. The average Bonchev–Trinajstić information content (AvgIpc) is 3.17. The van der Waals surface area contributed by atoms with Crippen molar-refractivity contribution in [1.82, 2.24) is 4.57 Å². The highest BCUT2D eigenvalue weighted by Gasteiger charge is 2.35. The van der Waals surface area contributed by atoms with E-state index in [0.717, 1.165) is 16.9 Å². The van der Waals surface area contributed by atoms with E-state index in [4.69, 9.17) is 0 Å². The van der Waals surface area contributed by atoms with E-state index in [1.807, 2.05) is 0 Å². The molecule has 0 saturated heterocycles. The Kier molecular flexibility index (Phi) is 7.26. The van der Waals surface area contributed by atoms with Crippen molar-refractivity contribution in [3.63, 3.8) is 0 Å². The highest BCUT2D eigenvalue weighted by molar-refractivity contribution is 6.09. The Hall–Kier alpha value is -5.80. The Morgan fingerprint density at radius 2 is 1.00 bits per heavy atom. The van der Waals surface area contributed by atoms with Gasteiger partial charge in [0.1, 0.15) is 0 Å². The molecule has 7 aromatic rings. The molecule has 2 heterocycles. The molecule has 0 atom stereocenters. The number of anilines is 5. The second-order valence-corrected chi connectivity index (χ2v) is 13.5. The van der Waals surface area contributed by atoms with Gasteiger partial charge in [-0.15, -0.1) is 0 Å². The van der Waals surface area contributed by atoms with Crippen LogP contribution < -0.4 is 9.80 Å². The predicted octanol–water partition coefficient (Wildman–Crippen LogP) is 12.6. The molecule has 0 N–H and O–H groups in total. The van der Waals surface area contributed by atoms with Crippen molar-refractivity contribution in [2.75, 3.05) is 9.80 Å². The fourth-order valence-electron chi connectivity index (χ4n) is 7.30. The fourth-order valence-corrected chi connectivity index (χ4v) is 7.30. The van der Waals surface area contributed by atoms with E-state index < -0.39 is 0 Å². The lowest BCUT2D eigenvalue weighted by atomic mass is 9.95. The van der Waals surface area contributed by atoms with Crippen molar-refractivity contribution in [3.05, 3.63) is 169 Å². The highest BCUT2D eigenvalue weighted by atomic mass is 15.3. The van der Waals surface area contributed by atoms with E-state index in [1.54, 1.807) is 0 Å². The Labute approximate surface area is 283 Å². The van der Waals surface area contributed by atoms with Gasteiger partial charge in [-0.05, 0) is 104 Å². The van der Waals surface area contributed by atoms with Crippen molar-refractivity contribution in [2.45, 2.75) is 33.2 Å². The van der Waals surface area contributed by atoms with Crippen LogP contribution in [0.15, 0.2) is 164 Å². The normalized spacial score (nSPS) is 12.5. The topological polar surface area (TPSA) is 11.4 Å². The third-order valence-corrected chi connectivity index (χ3v) is 9.34. The van der Waals surface area contributed by atoms with Gasteiger partial charge in [0.2, 0.25) is 0 Å². The molecule has 0 radical (unpaired) electrons. The van der Waals surface area contributed by atoms with Crippen LogP contribution in [0.4, 0.5) is 28.4 Å². The summed E-state index contributed by atoms with van der Waals surface area (Å²) in [6.07, 6.45) is 0. The molecule has 1 aromatic heterocycles. The van der Waals surface area contributed by atoms with Gasteiger partial charge in [0.25, 0.3) is 0 Å². The van der Waals surface area contributed by atoms with Gasteiger partial charge >= 0.3 is 0 Å². The molecule has 3 nitrogen and oxygen atoms in total. The van der Waals surface area contributed by atoms with Crippen LogP contribution in [0, 0.1) is 6.92 Å². The zero-order valence-electron chi connectivity index (χ0n) is 27.9. The molecule has 6 aromatic carbocycles. The molecule has 0 aliphatic carbocycles. The quantitative estimate of drug-likeness (QED) is 0.194. The van der Waals surface area contributed by atoms with Gasteiger partial charge in [-0.3, -0.25) is 0 Å². The lowest BCUT2D eigenvalue weighted by molar-refractivity contribution is 0.559. The van der Waals surface area contributed by atoms with Crippen LogP contribution in [-0.2, 0) is 0 Å². The van der Waals surface area contributed by atoms with E-state index in [0.29, 0.717) is 0 Å². The largest absolute Gasteiger partial charge is 0.333 e. The molecule has 0 saturated carbocycles. The Balaban J connectivity index is 1.35. The van der Waals surface area contributed by atoms with Crippen LogP contribution in [0.2, 0.25) is 0 Å². The predicted molar refractivity (Wildman–Crippen MR) is 205 cm³/mol. The zero-order valence-corrected chi connectivity index (χ0v) is 27.9. The van der Waals surface area contributed by atoms with Gasteiger partial charge in [0.15, 0.2) is 0 Å². The van der Waals surface area contributed by atoms with Crippen molar-refractivity contribution in [3.8, 4) is 16.8 Å². The first kappa shape index (κ1) is 29.6. The number of nitrogens with zero attached hydrogens (tertiary/aromatic N) is 3. The van der Waals surface area contributed by atoms with Crippen LogP contribution in [0.1, 0.15) is 26.5 Å². The van der Waals surface area contributed by atoms with Crippen molar-refractivity contribution in [1.29, 1.82) is 0 Å². The summed E-state index contributed by atoms with van der Waals surface area (Å²) in [5.41, 5.74) is 11.7. The number of fused-ring (bicyclic) bond motifs is 4. The number of benzene rings is 6. The highest BCUT2D eigenvalue weighted by Crippen LogP contribution is 2.54. The van der Waals surface area contributed by atoms with Gasteiger partial charge in [0, 0.05) is 22.3 Å². The second-order valence-electron chi connectivity index (χ2n) is 13.5. The minimum Gasteiger partial charge on any atom is -0.333 e.